The molecule has 8 heteroatoms. The maximum absolute atomic E-state index is 13.4. The molecule has 0 saturated carbocycles. The predicted octanol–water partition coefficient (Wildman–Crippen LogP) is 4.03. The van der Waals surface area contributed by atoms with Crippen LogP contribution >= 0.6 is 11.6 Å². The molecule has 1 unspecified atom stereocenters. The Morgan fingerprint density at radius 3 is 2.23 bits per heavy atom. The minimum Gasteiger partial charge on any atom is -0.360 e. The standard InChI is InChI=1S/C22H21ClFN3O3/c1-22(2,3)21(27-20(30)12-7-9-13(23)10-8-12)26-17-16(18(28)19(17)29)25-15-6-4-5-14(24)11-15/h4-11,21,25-26H,1-3H3,(H,27,30). The molecule has 0 aliphatic rings. The molecule has 156 valence electrons. The van der Waals surface area contributed by atoms with Gasteiger partial charge in [-0.05, 0) is 42.5 Å². The lowest BCUT2D eigenvalue weighted by atomic mass is 9.91. The van der Waals surface area contributed by atoms with Gasteiger partial charge in [-0.3, -0.25) is 14.4 Å². The smallest absolute Gasteiger partial charge is 0.253 e. The second-order valence-electron chi connectivity index (χ2n) is 7.97. The Kier molecular flexibility index (Phi) is 5.94. The summed E-state index contributed by atoms with van der Waals surface area (Å²) in [6.07, 6.45) is -0.669. The van der Waals surface area contributed by atoms with Crippen LogP contribution in [0.5, 0.6) is 0 Å². The predicted molar refractivity (Wildman–Crippen MR) is 117 cm³/mol. The molecule has 1 atom stereocenters. The van der Waals surface area contributed by atoms with Gasteiger partial charge in [-0.2, -0.15) is 0 Å². The molecule has 0 aromatic heterocycles. The van der Waals surface area contributed by atoms with Gasteiger partial charge in [0.05, 0.1) is 0 Å². The minimum absolute atomic E-state index is 0.0283. The van der Waals surface area contributed by atoms with E-state index in [-0.39, 0.29) is 17.3 Å². The van der Waals surface area contributed by atoms with E-state index in [1.165, 1.54) is 18.2 Å². The van der Waals surface area contributed by atoms with Crippen molar-refractivity contribution in [1.82, 2.24) is 5.32 Å². The maximum atomic E-state index is 13.4. The Hall–Kier alpha value is -3.19. The summed E-state index contributed by atoms with van der Waals surface area (Å²) < 4.78 is 13.4. The van der Waals surface area contributed by atoms with Crippen molar-refractivity contribution in [2.24, 2.45) is 5.41 Å². The first kappa shape index (κ1) is 21.5. The number of nitrogens with one attached hydrogen (secondary N) is 3. The number of carbonyl (C=O) groups excluding carboxylic acids is 1. The molecule has 0 aliphatic heterocycles. The first-order chi connectivity index (χ1) is 14.1. The van der Waals surface area contributed by atoms with Crippen LogP contribution in [-0.2, 0) is 0 Å². The van der Waals surface area contributed by atoms with Gasteiger partial charge in [-0.1, -0.05) is 38.4 Å². The van der Waals surface area contributed by atoms with Gasteiger partial charge >= 0.3 is 0 Å². The molecule has 0 saturated heterocycles. The van der Waals surface area contributed by atoms with Gasteiger partial charge in [0.15, 0.2) is 0 Å². The largest absolute Gasteiger partial charge is 0.360 e. The second-order valence-corrected chi connectivity index (χ2v) is 8.40. The highest BCUT2D eigenvalue weighted by molar-refractivity contribution is 6.30. The van der Waals surface area contributed by atoms with Gasteiger partial charge < -0.3 is 16.0 Å². The van der Waals surface area contributed by atoms with E-state index in [4.69, 9.17) is 11.6 Å². The van der Waals surface area contributed by atoms with Crippen LogP contribution in [0, 0.1) is 11.2 Å². The Labute approximate surface area is 177 Å². The molecule has 0 heterocycles. The molecule has 3 N–H and O–H groups in total. The van der Waals surface area contributed by atoms with E-state index in [0.29, 0.717) is 16.3 Å². The van der Waals surface area contributed by atoms with Crippen LogP contribution in [0.2, 0.25) is 5.02 Å². The summed E-state index contributed by atoms with van der Waals surface area (Å²) in [6, 6.07) is 11.9. The number of anilines is 3. The lowest BCUT2D eigenvalue weighted by Gasteiger charge is -2.33. The highest BCUT2D eigenvalue weighted by atomic mass is 35.5. The average Bonchev–Trinajstić information content (AvgIpc) is 2.69. The molecule has 0 bridgehead atoms. The Morgan fingerprint density at radius 2 is 1.63 bits per heavy atom. The number of hydrogen-bond acceptors (Lipinski definition) is 5. The minimum atomic E-state index is -0.710. The van der Waals surface area contributed by atoms with Crippen molar-refractivity contribution in [3.63, 3.8) is 0 Å². The third kappa shape index (κ3) is 4.68. The summed E-state index contributed by atoms with van der Waals surface area (Å²) in [7, 11) is 0. The topological polar surface area (TPSA) is 87.3 Å². The number of hydrogen-bond donors (Lipinski definition) is 3. The van der Waals surface area contributed by atoms with Crippen LogP contribution < -0.4 is 26.8 Å². The first-order valence-corrected chi connectivity index (χ1v) is 9.63. The summed E-state index contributed by atoms with van der Waals surface area (Å²) in [5.41, 5.74) is -1.11. The van der Waals surface area contributed by atoms with Gasteiger partial charge in [0, 0.05) is 21.7 Å². The number of halogens is 2. The Bertz CT molecular complexity index is 1150. The first-order valence-electron chi connectivity index (χ1n) is 9.25. The van der Waals surface area contributed by atoms with Crippen LogP contribution in [0.4, 0.5) is 21.5 Å². The van der Waals surface area contributed by atoms with Gasteiger partial charge in [0.25, 0.3) is 16.8 Å². The van der Waals surface area contributed by atoms with Gasteiger partial charge in [-0.15, -0.1) is 0 Å². The molecule has 6 nitrogen and oxygen atoms in total. The van der Waals surface area contributed by atoms with Crippen molar-refractivity contribution >= 4 is 34.6 Å². The second kappa shape index (κ2) is 8.28. The number of carbonyl (C=O) groups is 1. The van der Waals surface area contributed by atoms with Crippen molar-refractivity contribution in [2.45, 2.75) is 26.9 Å². The maximum Gasteiger partial charge on any atom is 0.253 e. The van der Waals surface area contributed by atoms with E-state index in [2.05, 4.69) is 16.0 Å². The third-order valence-electron chi connectivity index (χ3n) is 4.54. The lowest BCUT2D eigenvalue weighted by Crippen LogP contribution is -2.51. The molecule has 3 rings (SSSR count). The average molecular weight is 430 g/mol. The van der Waals surface area contributed by atoms with Crippen LogP contribution in [0.25, 0.3) is 0 Å². The number of rotatable bonds is 6. The van der Waals surface area contributed by atoms with E-state index in [9.17, 15) is 18.8 Å². The van der Waals surface area contributed by atoms with Crippen molar-refractivity contribution < 1.29 is 9.18 Å². The van der Waals surface area contributed by atoms with Gasteiger partial charge in [0.1, 0.15) is 23.4 Å². The molecule has 1 amide bonds. The molecule has 0 fully saturated rings. The van der Waals surface area contributed by atoms with Crippen molar-refractivity contribution in [1.29, 1.82) is 0 Å². The quantitative estimate of drug-likeness (QED) is 0.406. The van der Waals surface area contributed by atoms with Crippen LogP contribution in [-0.4, -0.2) is 12.1 Å². The molecule has 3 aromatic carbocycles. The highest BCUT2D eigenvalue weighted by Gasteiger charge is 2.31. The fraction of sp³-hybridized carbons (Fsp3) is 0.227. The molecule has 0 aliphatic carbocycles. The monoisotopic (exact) mass is 429 g/mol. The van der Waals surface area contributed by atoms with Crippen LogP contribution in [0.3, 0.4) is 0 Å². The van der Waals surface area contributed by atoms with Crippen LogP contribution in [0.15, 0.2) is 58.1 Å². The van der Waals surface area contributed by atoms with E-state index < -0.39 is 28.3 Å². The SMILES string of the molecule is CC(C)(C)C(NC(=O)c1ccc(Cl)cc1)Nc1c(Nc2cccc(F)c2)c(=O)c1=O. The zero-order valence-corrected chi connectivity index (χ0v) is 17.4. The lowest BCUT2D eigenvalue weighted by molar-refractivity contribution is 0.0913. The number of benzene rings is 2. The molecular weight excluding hydrogens is 409 g/mol. The summed E-state index contributed by atoms with van der Waals surface area (Å²) in [4.78, 5) is 36.9. The van der Waals surface area contributed by atoms with E-state index >= 15 is 0 Å². The zero-order chi connectivity index (χ0) is 22.1. The summed E-state index contributed by atoms with van der Waals surface area (Å²) in [5.74, 6) is -0.839. The molecule has 0 radical (unpaired) electrons. The molecule has 0 spiro atoms. The fourth-order valence-corrected chi connectivity index (χ4v) is 2.91. The van der Waals surface area contributed by atoms with Crippen molar-refractivity contribution in [3.05, 3.63) is 85.4 Å². The molecule has 30 heavy (non-hydrogen) atoms. The van der Waals surface area contributed by atoms with E-state index in [1.807, 2.05) is 20.8 Å². The summed E-state index contributed by atoms with van der Waals surface area (Å²) in [5, 5.41) is 9.09. The molecular formula is C22H21ClFN3O3. The van der Waals surface area contributed by atoms with Gasteiger partial charge in [-0.25, -0.2) is 4.39 Å². The van der Waals surface area contributed by atoms with Crippen LogP contribution in [0.1, 0.15) is 31.1 Å². The highest BCUT2D eigenvalue weighted by Crippen LogP contribution is 2.26. The van der Waals surface area contributed by atoms with Crippen molar-refractivity contribution in [3.8, 4) is 0 Å². The summed E-state index contributed by atoms with van der Waals surface area (Å²) >= 11 is 5.86. The third-order valence-corrected chi connectivity index (χ3v) is 4.79. The van der Waals surface area contributed by atoms with E-state index in [0.717, 1.165) is 0 Å². The van der Waals surface area contributed by atoms with Gasteiger partial charge in [0.2, 0.25) is 0 Å². The Balaban J connectivity index is 1.83. The van der Waals surface area contributed by atoms with Crippen molar-refractivity contribution in [2.75, 3.05) is 10.6 Å². The fourth-order valence-electron chi connectivity index (χ4n) is 2.79. The normalized spacial score (nSPS) is 12.4. The zero-order valence-electron chi connectivity index (χ0n) is 16.7. The Morgan fingerprint density at radius 1 is 1.00 bits per heavy atom. The molecule has 3 aromatic rings. The number of amides is 1. The van der Waals surface area contributed by atoms with E-state index in [1.54, 1.807) is 30.3 Å². The summed E-state index contributed by atoms with van der Waals surface area (Å²) in [6.45, 7) is 5.62.